The van der Waals surface area contributed by atoms with E-state index < -0.39 is 0 Å². The molecule has 0 radical (unpaired) electrons. The van der Waals surface area contributed by atoms with E-state index in [1.165, 1.54) is 6.39 Å². The number of hydrogen-bond donors (Lipinski definition) is 1. The summed E-state index contributed by atoms with van der Waals surface area (Å²) in [7, 11) is 3.32. The van der Waals surface area contributed by atoms with Crippen molar-refractivity contribution in [3.8, 4) is 17.1 Å². The molecule has 0 fully saturated rings. The lowest BCUT2D eigenvalue weighted by molar-refractivity contribution is 0.199. The molecule has 0 atom stereocenters. The van der Waals surface area contributed by atoms with Gasteiger partial charge in [0.05, 0.1) is 13.7 Å². The van der Waals surface area contributed by atoms with E-state index in [2.05, 4.69) is 26.2 Å². The molecule has 0 bridgehead atoms. The Kier molecular flexibility index (Phi) is 5.58. The molecule has 0 spiro atoms. The van der Waals surface area contributed by atoms with E-state index in [1.807, 2.05) is 18.2 Å². The molecule has 0 aliphatic heterocycles. The van der Waals surface area contributed by atoms with Crippen LogP contribution in [-0.4, -0.2) is 32.4 Å². The molecule has 5 nitrogen and oxygen atoms in total. The van der Waals surface area contributed by atoms with Crippen LogP contribution in [0.4, 0.5) is 0 Å². The number of halogens is 1. The molecule has 0 aliphatic rings. The summed E-state index contributed by atoms with van der Waals surface area (Å²) in [5.41, 5.74) is 1.78. The Morgan fingerprint density at radius 2 is 2.20 bits per heavy atom. The molecule has 1 N–H and O–H groups in total. The number of aromatic nitrogens is 1. The maximum absolute atomic E-state index is 5.52. The van der Waals surface area contributed by atoms with Crippen LogP contribution in [0.1, 0.15) is 5.69 Å². The second-order valence-corrected chi connectivity index (χ2v) is 5.00. The predicted molar refractivity (Wildman–Crippen MR) is 79.8 cm³/mol. The van der Waals surface area contributed by atoms with Gasteiger partial charge in [-0.05, 0) is 18.2 Å². The molecule has 0 saturated carbocycles. The van der Waals surface area contributed by atoms with Crippen molar-refractivity contribution in [2.45, 2.75) is 6.54 Å². The van der Waals surface area contributed by atoms with Gasteiger partial charge < -0.3 is 19.2 Å². The third-order valence-electron chi connectivity index (χ3n) is 2.83. The van der Waals surface area contributed by atoms with Gasteiger partial charge in [0.15, 0.2) is 12.2 Å². The highest BCUT2D eigenvalue weighted by Gasteiger charge is 2.14. The van der Waals surface area contributed by atoms with Crippen molar-refractivity contribution in [3.63, 3.8) is 0 Å². The van der Waals surface area contributed by atoms with Gasteiger partial charge in [-0.2, -0.15) is 0 Å². The number of oxazole rings is 1. The normalized spacial score (nSPS) is 10.8. The summed E-state index contributed by atoms with van der Waals surface area (Å²) < 4.78 is 16.7. The summed E-state index contributed by atoms with van der Waals surface area (Å²) >= 11 is 3.52. The van der Waals surface area contributed by atoms with Gasteiger partial charge in [-0.1, -0.05) is 15.9 Å². The summed E-state index contributed by atoms with van der Waals surface area (Å²) in [6, 6.07) is 5.74. The van der Waals surface area contributed by atoms with Crippen molar-refractivity contribution in [2.24, 2.45) is 0 Å². The van der Waals surface area contributed by atoms with Gasteiger partial charge in [0.2, 0.25) is 0 Å². The molecule has 1 aromatic heterocycles. The minimum absolute atomic E-state index is 0.624. The first-order valence-corrected chi connectivity index (χ1v) is 7.01. The van der Waals surface area contributed by atoms with Crippen LogP contribution in [0, 0.1) is 0 Å². The van der Waals surface area contributed by atoms with Crippen molar-refractivity contribution in [1.29, 1.82) is 0 Å². The highest BCUT2D eigenvalue weighted by molar-refractivity contribution is 9.10. The smallest absolute Gasteiger partial charge is 0.181 e. The fourth-order valence-electron chi connectivity index (χ4n) is 1.80. The molecule has 1 aromatic carbocycles. The molecule has 1 heterocycles. The molecule has 0 aliphatic carbocycles. The van der Waals surface area contributed by atoms with Crippen LogP contribution < -0.4 is 10.1 Å². The van der Waals surface area contributed by atoms with Crippen LogP contribution in [0.2, 0.25) is 0 Å². The Hall–Kier alpha value is -1.37. The maximum Gasteiger partial charge on any atom is 0.181 e. The van der Waals surface area contributed by atoms with Crippen LogP contribution in [0.5, 0.6) is 5.75 Å². The van der Waals surface area contributed by atoms with Gasteiger partial charge in [-0.25, -0.2) is 4.98 Å². The fraction of sp³-hybridized carbons (Fsp3) is 0.357. The second-order valence-electron chi connectivity index (χ2n) is 4.14. The first-order valence-electron chi connectivity index (χ1n) is 6.22. The van der Waals surface area contributed by atoms with Crippen molar-refractivity contribution < 1.29 is 13.9 Å². The molecule has 6 heteroatoms. The Morgan fingerprint density at radius 1 is 1.35 bits per heavy atom. The largest absolute Gasteiger partial charge is 0.497 e. The van der Waals surface area contributed by atoms with E-state index in [0.717, 1.165) is 33.8 Å². The van der Waals surface area contributed by atoms with E-state index in [-0.39, 0.29) is 0 Å². The Labute approximate surface area is 126 Å². The zero-order chi connectivity index (χ0) is 14.4. The molecule has 2 rings (SSSR count). The first kappa shape index (κ1) is 15.0. The number of methoxy groups -OCH3 is 2. The van der Waals surface area contributed by atoms with Crippen LogP contribution in [-0.2, 0) is 11.3 Å². The summed E-state index contributed by atoms with van der Waals surface area (Å²) in [6.45, 7) is 2.05. The van der Waals surface area contributed by atoms with Crippen LogP contribution >= 0.6 is 15.9 Å². The van der Waals surface area contributed by atoms with Crippen LogP contribution in [0.3, 0.4) is 0 Å². The van der Waals surface area contributed by atoms with E-state index in [9.17, 15) is 0 Å². The number of benzene rings is 1. The standard InChI is InChI=1S/C14H17BrN2O3/c1-18-6-5-16-8-13-14(20-9-17-13)11-7-10(19-2)3-4-12(11)15/h3-4,7,9,16H,5-6,8H2,1-2H3. The van der Waals surface area contributed by atoms with E-state index in [1.54, 1.807) is 14.2 Å². The molecule has 20 heavy (non-hydrogen) atoms. The molecule has 0 saturated heterocycles. The summed E-state index contributed by atoms with van der Waals surface area (Å²) in [5.74, 6) is 1.51. The predicted octanol–water partition coefficient (Wildman–Crippen LogP) is 2.85. The molecule has 2 aromatic rings. The van der Waals surface area contributed by atoms with E-state index >= 15 is 0 Å². The topological polar surface area (TPSA) is 56.5 Å². The van der Waals surface area contributed by atoms with Gasteiger partial charge in [0.1, 0.15) is 11.4 Å². The Bertz CT molecular complexity index is 557. The molecular formula is C14H17BrN2O3. The SMILES string of the molecule is COCCNCc1ncoc1-c1cc(OC)ccc1Br. The number of ether oxygens (including phenoxy) is 2. The number of nitrogens with zero attached hydrogens (tertiary/aromatic N) is 1. The lowest BCUT2D eigenvalue weighted by Crippen LogP contribution is -2.19. The quantitative estimate of drug-likeness (QED) is 0.785. The zero-order valence-corrected chi connectivity index (χ0v) is 13.1. The average Bonchev–Trinajstić information content (AvgIpc) is 2.92. The zero-order valence-electron chi connectivity index (χ0n) is 11.5. The molecule has 108 valence electrons. The molecule has 0 unspecified atom stereocenters. The van der Waals surface area contributed by atoms with E-state index in [4.69, 9.17) is 13.9 Å². The average molecular weight is 341 g/mol. The van der Waals surface area contributed by atoms with E-state index in [0.29, 0.717) is 13.2 Å². The highest BCUT2D eigenvalue weighted by Crippen LogP contribution is 2.33. The van der Waals surface area contributed by atoms with Gasteiger partial charge in [-0.3, -0.25) is 0 Å². The Morgan fingerprint density at radius 3 is 2.95 bits per heavy atom. The Balaban J connectivity index is 2.18. The van der Waals surface area contributed by atoms with Crippen molar-refractivity contribution >= 4 is 15.9 Å². The minimum atomic E-state index is 0.624. The monoisotopic (exact) mass is 340 g/mol. The lowest BCUT2D eigenvalue weighted by Gasteiger charge is -2.07. The second kappa shape index (κ2) is 7.42. The van der Waals surface area contributed by atoms with Crippen LogP contribution in [0.15, 0.2) is 33.5 Å². The van der Waals surface area contributed by atoms with Crippen molar-refractivity contribution in [1.82, 2.24) is 10.3 Å². The van der Waals surface area contributed by atoms with Crippen molar-refractivity contribution in [2.75, 3.05) is 27.4 Å². The van der Waals surface area contributed by atoms with Crippen LogP contribution in [0.25, 0.3) is 11.3 Å². The number of rotatable bonds is 7. The maximum atomic E-state index is 5.52. The molecular weight excluding hydrogens is 324 g/mol. The fourth-order valence-corrected chi connectivity index (χ4v) is 2.23. The van der Waals surface area contributed by atoms with Crippen molar-refractivity contribution in [3.05, 3.63) is 34.8 Å². The highest BCUT2D eigenvalue weighted by atomic mass is 79.9. The number of nitrogens with one attached hydrogen (secondary N) is 1. The number of hydrogen-bond acceptors (Lipinski definition) is 5. The summed E-state index contributed by atoms with van der Waals surface area (Å²) in [4.78, 5) is 4.26. The summed E-state index contributed by atoms with van der Waals surface area (Å²) in [5, 5.41) is 3.25. The summed E-state index contributed by atoms with van der Waals surface area (Å²) in [6.07, 6.45) is 1.45. The van der Waals surface area contributed by atoms with Gasteiger partial charge in [-0.15, -0.1) is 0 Å². The third-order valence-corrected chi connectivity index (χ3v) is 3.53. The van der Waals surface area contributed by atoms with Gasteiger partial charge in [0, 0.05) is 30.2 Å². The van der Waals surface area contributed by atoms with Gasteiger partial charge in [0.25, 0.3) is 0 Å². The third kappa shape index (κ3) is 3.59. The minimum Gasteiger partial charge on any atom is -0.497 e. The first-order chi connectivity index (χ1) is 9.76. The lowest BCUT2D eigenvalue weighted by atomic mass is 10.1. The van der Waals surface area contributed by atoms with Gasteiger partial charge >= 0.3 is 0 Å². The molecule has 0 amide bonds.